The number of amides is 1. The van der Waals surface area contributed by atoms with Crippen molar-refractivity contribution in [3.05, 3.63) is 0 Å². The van der Waals surface area contributed by atoms with Crippen LogP contribution in [0, 0.1) is 11.3 Å². The summed E-state index contributed by atoms with van der Waals surface area (Å²) >= 11 is 0. The minimum Gasteiger partial charge on any atom is -0.342 e. The molecular formula is C16H30N2O. The van der Waals surface area contributed by atoms with Crippen LogP contribution in [0.5, 0.6) is 0 Å². The molecule has 0 aromatic rings. The van der Waals surface area contributed by atoms with Crippen LogP contribution in [0.15, 0.2) is 0 Å². The Bertz CT molecular complexity index is 291. The average molecular weight is 266 g/mol. The molecule has 1 N–H and O–H groups in total. The van der Waals surface area contributed by atoms with Crippen molar-refractivity contribution in [3.63, 3.8) is 0 Å². The van der Waals surface area contributed by atoms with Gasteiger partial charge in [0.1, 0.15) is 0 Å². The van der Waals surface area contributed by atoms with Crippen LogP contribution >= 0.6 is 0 Å². The van der Waals surface area contributed by atoms with E-state index in [1.54, 1.807) is 0 Å². The maximum Gasteiger partial charge on any atom is 0.228 e. The lowest BCUT2D eigenvalue weighted by atomic mass is 9.74. The summed E-state index contributed by atoms with van der Waals surface area (Å²) in [4.78, 5) is 15.0. The van der Waals surface area contributed by atoms with Gasteiger partial charge in [-0.1, -0.05) is 26.2 Å². The third kappa shape index (κ3) is 3.71. The fraction of sp³-hybridized carbons (Fsp3) is 0.938. The first-order chi connectivity index (χ1) is 9.15. The largest absolute Gasteiger partial charge is 0.342 e. The van der Waals surface area contributed by atoms with Crippen molar-refractivity contribution in [2.45, 2.75) is 58.8 Å². The summed E-state index contributed by atoms with van der Waals surface area (Å²) < 4.78 is 0. The molecule has 2 fully saturated rings. The number of piperidine rings is 1. The van der Waals surface area contributed by atoms with Gasteiger partial charge in [0.15, 0.2) is 0 Å². The summed E-state index contributed by atoms with van der Waals surface area (Å²) in [5, 5.41) is 3.40. The average Bonchev–Trinajstić information content (AvgIpc) is 2.46. The monoisotopic (exact) mass is 266 g/mol. The number of hydrogen-bond donors (Lipinski definition) is 1. The Hall–Kier alpha value is -0.570. The molecule has 3 nitrogen and oxygen atoms in total. The van der Waals surface area contributed by atoms with Gasteiger partial charge in [0, 0.05) is 18.5 Å². The Morgan fingerprint density at radius 2 is 1.84 bits per heavy atom. The predicted molar refractivity (Wildman–Crippen MR) is 79.0 cm³/mol. The van der Waals surface area contributed by atoms with Gasteiger partial charge in [-0.2, -0.15) is 0 Å². The molecule has 1 saturated heterocycles. The molecule has 2 rings (SSSR count). The lowest BCUT2D eigenvalue weighted by Gasteiger charge is -2.38. The fourth-order valence-corrected chi connectivity index (χ4v) is 3.66. The molecule has 3 heteroatoms. The SMILES string of the molecule is CCN(CC1CCNCC1)C(=O)C1(C)CCCCC1. The second-order valence-electron chi connectivity index (χ2n) is 6.66. The van der Waals surface area contributed by atoms with E-state index >= 15 is 0 Å². The molecule has 1 aliphatic heterocycles. The second-order valence-corrected chi connectivity index (χ2v) is 6.66. The molecule has 1 heterocycles. The molecule has 1 saturated carbocycles. The number of nitrogens with one attached hydrogen (secondary N) is 1. The fourth-order valence-electron chi connectivity index (χ4n) is 3.66. The van der Waals surface area contributed by atoms with Crippen LogP contribution in [0.2, 0.25) is 0 Å². The maximum absolute atomic E-state index is 12.8. The van der Waals surface area contributed by atoms with Crippen LogP contribution in [-0.2, 0) is 4.79 Å². The van der Waals surface area contributed by atoms with E-state index in [1.807, 2.05) is 0 Å². The molecule has 19 heavy (non-hydrogen) atoms. The van der Waals surface area contributed by atoms with E-state index in [2.05, 4.69) is 24.1 Å². The zero-order chi connectivity index (χ0) is 13.7. The first kappa shape index (κ1) is 14.8. The lowest BCUT2D eigenvalue weighted by Crippen LogP contribution is -2.46. The highest BCUT2D eigenvalue weighted by molar-refractivity contribution is 5.82. The number of hydrogen-bond acceptors (Lipinski definition) is 2. The Morgan fingerprint density at radius 3 is 2.42 bits per heavy atom. The Morgan fingerprint density at radius 1 is 1.21 bits per heavy atom. The molecular weight excluding hydrogens is 236 g/mol. The van der Waals surface area contributed by atoms with E-state index < -0.39 is 0 Å². The minimum atomic E-state index is -0.0683. The first-order valence-electron chi connectivity index (χ1n) is 8.16. The Balaban J connectivity index is 1.93. The lowest BCUT2D eigenvalue weighted by molar-refractivity contribution is -0.143. The topological polar surface area (TPSA) is 32.3 Å². The molecule has 2 aliphatic rings. The quantitative estimate of drug-likeness (QED) is 0.848. The molecule has 0 radical (unpaired) electrons. The third-order valence-electron chi connectivity index (χ3n) is 5.08. The van der Waals surface area contributed by atoms with Gasteiger partial charge in [0.2, 0.25) is 5.91 Å². The van der Waals surface area contributed by atoms with Gasteiger partial charge in [-0.15, -0.1) is 0 Å². The van der Waals surface area contributed by atoms with Gasteiger partial charge in [0.25, 0.3) is 0 Å². The minimum absolute atomic E-state index is 0.0683. The van der Waals surface area contributed by atoms with Gasteiger partial charge in [-0.3, -0.25) is 4.79 Å². The van der Waals surface area contributed by atoms with Crippen molar-refractivity contribution in [2.24, 2.45) is 11.3 Å². The predicted octanol–water partition coefficient (Wildman–Crippen LogP) is 2.80. The standard InChI is InChI=1S/C16H30N2O/c1-3-18(13-14-7-11-17-12-8-14)15(19)16(2)9-5-4-6-10-16/h14,17H,3-13H2,1-2H3. The smallest absolute Gasteiger partial charge is 0.228 e. The van der Waals surface area contributed by atoms with Crippen LogP contribution < -0.4 is 5.32 Å². The van der Waals surface area contributed by atoms with E-state index in [-0.39, 0.29) is 5.41 Å². The second kappa shape index (κ2) is 6.74. The maximum atomic E-state index is 12.8. The molecule has 0 unspecified atom stereocenters. The van der Waals surface area contributed by atoms with E-state index in [9.17, 15) is 4.79 Å². The van der Waals surface area contributed by atoms with Crippen LogP contribution in [0.1, 0.15) is 58.8 Å². The van der Waals surface area contributed by atoms with Crippen molar-refractivity contribution in [2.75, 3.05) is 26.2 Å². The molecule has 0 spiro atoms. The summed E-state index contributed by atoms with van der Waals surface area (Å²) in [6, 6.07) is 0. The van der Waals surface area contributed by atoms with Crippen LogP contribution in [0.25, 0.3) is 0 Å². The van der Waals surface area contributed by atoms with Crippen molar-refractivity contribution in [3.8, 4) is 0 Å². The highest BCUT2D eigenvalue weighted by atomic mass is 16.2. The van der Waals surface area contributed by atoms with Crippen molar-refractivity contribution in [1.29, 1.82) is 0 Å². The van der Waals surface area contributed by atoms with Crippen LogP contribution in [0.4, 0.5) is 0 Å². The van der Waals surface area contributed by atoms with E-state index in [0.29, 0.717) is 11.8 Å². The van der Waals surface area contributed by atoms with Crippen molar-refractivity contribution in [1.82, 2.24) is 10.2 Å². The van der Waals surface area contributed by atoms with E-state index in [0.717, 1.165) is 39.0 Å². The molecule has 0 atom stereocenters. The number of carbonyl (C=O) groups is 1. The Labute approximate surface area is 118 Å². The highest BCUT2D eigenvalue weighted by Gasteiger charge is 2.37. The summed E-state index contributed by atoms with van der Waals surface area (Å²) in [5.74, 6) is 1.13. The summed E-state index contributed by atoms with van der Waals surface area (Å²) in [6.07, 6.45) is 8.40. The Kier molecular flexibility index (Phi) is 5.26. The first-order valence-corrected chi connectivity index (χ1v) is 8.16. The molecule has 1 aliphatic carbocycles. The van der Waals surface area contributed by atoms with Crippen molar-refractivity contribution < 1.29 is 4.79 Å². The summed E-state index contributed by atoms with van der Waals surface area (Å²) in [7, 11) is 0. The summed E-state index contributed by atoms with van der Waals surface area (Å²) in [6.45, 7) is 8.41. The zero-order valence-electron chi connectivity index (χ0n) is 12.7. The number of carbonyl (C=O) groups excluding carboxylic acids is 1. The van der Waals surface area contributed by atoms with E-state index in [1.165, 1.54) is 32.1 Å². The normalized spacial score (nSPS) is 24.1. The third-order valence-corrected chi connectivity index (χ3v) is 5.08. The van der Waals surface area contributed by atoms with Gasteiger partial charge >= 0.3 is 0 Å². The highest BCUT2D eigenvalue weighted by Crippen LogP contribution is 2.37. The van der Waals surface area contributed by atoms with Crippen molar-refractivity contribution >= 4 is 5.91 Å². The molecule has 110 valence electrons. The molecule has 0 aromatic heterocycles. The molecule has 0 aromatic carbocycles. The number of nitrogens with zero attached hydrogens (tertiary/aromatic N) is 1. The molecule has 1 amide bonds. The van der Waals surface area contributed by atoms with Gasteiger partial charge < -0.3 is 10.2 Å². The van der Waals surface area contributed by atoms with Crippen LogP contribution in [0.3, 0.4) is 0 Å². The van der Waals surface area contributed by atoms with E-state index in [4.69, 9.17) is 0 Å². The van der Waals surface area contributed by atoms with Gasteiger partial charge in [-0.05, 0) is 51.6 Å². The van der Waals surface area contributed by atoms with Gasteiger partial charge in [-0.25, -0.2) is 0 Å². The summed E-state index contributed by atoms with van der Waals surface area (Å²) in [5.41, 5.74) is -0.0683. The molecule has 0 bridgehead atoms. The van der Waals surface area contributed by atoms with Gasteiger partial charge in [0.05, 0.1) is 0 Å². The number of rotatable bonds is 4. The van der Waals surface area contributed by atoms with Crippen LogP contribution in [-0.4, -0.2) is 37.0 Å². The zero-order valence-corrected chi connectivity index (χ0v) is 12.7.